The highest BCUT2D eigenvalue weighted by molar-refractivity contribution is 5.88. The first kappa shape index (κ1) is 18.1. The number of pyridine rings is 2. The van der Waals surface area contributed by atoms with Crippen molar-refractivity contribution in [1.82, 2.24) is 9.97 Å². The SMILES string of the molecule is c1cncc(C(Oc2ccccc2-c2ccc3ccccc3c2)c2cccnc2)c1. The van der Waals surface area contributed by atoms with Crippen LogP contribution >= 0.6 is 0 Å². The topological polar surface area (TPSA) is 35.0 Å². The van der Waals surface area contributed by atoms with Crippen molar-refractivity contribution >= 4 is 10.8 Å². The van der Waals surface area contributed by atoms with Gasteiger partial charge in [-0.1, -0.05) is 66.7 Å². The van der Waals surface area contributed by atoms with Gasteiger partial charge in [-0.25, -0.2) is 0 Å². The summed E-state index contributed by atoms with van der Waals surface area (Å²) < 4.78 is 6.60. The maximum atomic E-state index is 6.60. The predicted molar refractivity (Wildman–Crippen MR) is 120 cm³/mol. The van der Waals surface area contributed by atoms with E-state index in [2.05, 4.69) is 58.5 Å². The van der Waals surface area contributed by atoms with Crippen molar-refractivity contribution in [3.63, 3.8) is 0 Å². The Hall–Kier alpha value is -3.98. The van der Waals surface area contributed by atoms with E-state index in [-0.39, 0.29) is 6.10 Å². The second kappa shape index (κ2) is 8.18. The third-order valence-electron chi connectivity index (χ3n) is 5.17. The molecule has 3 heteroatoms. The monoisotopic (exact) mass is 388 g/mol. The number of hydrogen-bond donors (Lipinski definition) is 0. The summed E-state index contributed by atoms with van der Waals surface area (Å²) in [6, 6.07) is 31.0. The first-order valence-corrected chi connectivity index (χ1v) is 9.93. The largest absolute Gasteiger partial charge is 0.480 e. The first-order valence-electron chi connectivity index (χ1n) is 9.93. The lowest BCUT2D eigenvalue weighted by molar-refractivity contribution is 0.247. The second-order valence-electron chi connectivity index (χ2n) is 7.13. The fourth-order valence-electron chi connectivity index (χ4n) is 3.68. The molecule has 0 saturated carbocycles. The maximum Gasteiger partial charge on any atom is 0.152 e. The van der Waals surface area contributed by atoms with Gasteiger partial charge in [-0.3, -0.25) is 9.97 Å². The molecule has 5 aromatic rings. The van der Waals surface area contributed by atoms with Crippen LogP contribution in [0, 0.1) is 0 Å². The number of aromatic nitrogens is 2. The van der Waals surface area contributed by atoms with E-state index in [9.17, 15) is 0 Å². The summed E-state index contributed by atoms with van der Waals surface area (Å²) in [5, 5.41) is 2.43. The summed E-state index contributed by atoms with van der Waals surface area (Å²) >= 11 is 0. The number of para-hydroxylation sites is 1. The highest BCUT2D eigenvalue weighted by atomic mass is 16.5. The molecule has 0 fully saturated rings. The van der Waals surface area contributed by atoms with Crippen molar-refractivity contribution in [3.8, 4) is 16.9 Å². The fourth-order valence-corrected chi connectivity index (χ4v) is 3.68. The lowest BCUT2D eigenvalue weighted by Crippen LogP contribution is -2.10. The van der Waals surface area contributed by atoms with E-state index in [4.69, 9.17) is 4.74 Å². The Morgan fingerprint density at radius 3 is 1.97 bits per heavy atom. The minimum atomic E-state index is -0.297. The standard InChI is InChI=1S/C27H20N2O/c1-2-8-21-17-22(14-13-20(21)7-1)25-11-3-4-12-26(25)30-27(23-9-5-15-28-18-23)24-10-6-16-29-19-24/h1-19,27H. The Morgan fingerprint density at radius 2 is 1.27 bits per heavy atom. The van der Waals surface area contributed by atoms with Gasteiger partial charge >= 0.3 is 0 Å². The summed E-state index contributed by atoms with van der Waals surface area (Å²) in [7, 11) is 0. The molecule has 3 aromatic carbocycles. The molecular weight excluding hydrogens is 368 g/mol. The van der Waals surface area contributed by atoms with Gasteiger partial charge in [-0.15, -0.1) is 0 Å². The molecule has 30 heavy (non-hydrogen) atoms. The average Bonchev–Trinajstić information content (AvgIpc) is 2.83. The van der Waals surface area contributed by atoms with Gasteiger partial charge in [0.2, 0.25) is 0 Å². The highest BCUT2D eigenvalue weighted by Gasteiger charge is 2.18. The van der Waals surface area contributed by atoms with Crippen molar-refractivity contribution in [2.45, 2.75) is 6.10 Å². The van der Waals surface area contributed by atoms with E-state index < -0.39 is 0 Å². The van der Waals surface area contributed by atoms with Crippen LogP contribution in [0.3, 0.4) is 0 Å². The number of fused-ring (bicyclic) bond motifs is 1. The van der Waals surface area contributed by atoms with Crippen molar-refractivity contribution in [2.24, 2.45) is 0 Å². The van der Waals surface area contributed by atoms with Crippen LogP contribution in [0.5, 0.6) is 5.75 Å². The van der Waals surface area contributed by atoms with Crippen molar-refractivity contribution in [1.29, 1.82) is 0 Å². The summed E-state index contributed by atoms with van der Waals surface area (Å²) in [6.45, 7) is 0. The fraction of sp³-hybridized carbons (Fsp3) is 0.0370. The minimum absolute atomic E-state index is 0.297. The van der Waals surface area contributed by atoms with Crippen LogP contribution in [0.1, 0.15) is 17.2 Å². The Kier molecular flexibility index (Phi) is 4.93. The highest BCUT2D eigenvalue weighted by Crippen LogP contribution is 2.36. The second-order valence-corrected chi connectivity index (χ2v) is 7.13. The Labute approximate surface area is 175 Å². The molecule has 2 heterocycles. The van der Waals surface area contributed by atoms with Gasteiger partial charge in [-0.2, -0.15) is 0 Å². The zero-order chi connectivity index (χ0) is 20.2. The van der Waals surface area contributed by atoms with Crippen LogP contribution < -0.4 is 4.74 Å². The van der Waals surface area contributed by atoms with Crippen LogP contribution in [0.25, 0.3) is 21.9 Å². The quantitative estimate of drug-likeness (QED) is 0.346. The summed E-state index contributed by atoms with van der Waals surface area (Å²) in [5.41, 5.74) is 4.15. The molecule has 0 radical (unpaired) electrons. The summed E-state index contributed by atoms with van der Waals surface area (Å²) in [6.07, 6.45) is 6.93. The molecule has 144 valence electrons. The van der Waals surface area contributed by atoms with Gasteiger partial charge in [0.15, 0.2) is 6.10 Å². The molecule has 3 nitrogen and oxygen atoms in total. The molecule has 5 rings (SSSR count). The van der Waals surface area contributed by atoms with Crippen molar-refractivity contribution in [2.75, 3.05) is 0 Å². The smallest absolute Gasteiger partial charge is 0.152 e. The van der Waals surface area contributed by atoms with Crippen LogP contribution in [0.15, 0.2) is 116 Å². The van der Waals surface area contributed by atoms with Crippen molar-refractivity contribution < 1.29 is 4.74 Å². The molecule has 0 amide bonds. The van der Waals surface area contributed by atoms with E-state index >= 15 is 0 Å². The zero-order valence-electron chi connectivity index (χ0n) is 16.3. The predicted octanol–water partition coefficient (Wildman–Crippen LogP) is 6.47. The van der Waals surface area contributed by atoms with Gasteiger partial charge in [0.25, 0.3) is 0 Å². The zero-order valence-corrected chi connectivity index (χ0v) is 16.3. The summed E-state index contributed by atoms with van der Waals surface area (Å²) in [5.74, 6) is 0.825. The molecule has 0 N–H and O–H groups in total. The lowest BCUT2D eigenvalue weighted by Gasteiger charge is -2.21. The lowest BCUT2D eigenvalue weighted by atomic mass is 10.00. The van der Waals surface area contributed by atoms with E-state index in [1.807, 2.05) is 54.9 Å². The first-order chi connectivity index (χ1) is 14.9. The summed E-state index contributed by atoms with van der Waals surface area (Å²) in [4.78, 5) is 8.57. The normalized spacial score (nSPS) is 11.0. The number of ether oxygens (including phenoxy) is 1. The minimum Gasteiger partial charge on any atom is -0.480 e. The molecule has 0 unspecified atom stereocenters. The Morgan fingerprint density at radius 1 is 0.600 bits per heavy atom. The van der Waals surface area contributed by atoms with Gasteiger partial charge in [0, 0.05) is 41.5 Å². The molecule has 0 aliphatic rings. The number of nitrogens with zero attached hydrogens (tertiary/aromatic N) is 2. The van der Waals surface area contributed by atoms with Crippen LogP contribution in [-0.2, 0) is 0 Å². The molecule has 0 aliphatic carbocycles. The maximum absolute atomic E-state index is 6.60. The molecule has 0 bridgehead atoms. The van der Waals surface area contributed by atoms with E-state index in [1.165, 1.54) is 10.8 Å². The molecule has 0 saturated heterocycles. The van der Waals surface area contributed by atoms with E-state index in [0.717, 1.165) is 28.0 Å². The number of rotatable bonds is 5. The van der Waals surface area contributed by atoms with Gasteiger partial charge in [0.1, 0.15) is 5.75 Å². The van der Waals surface area contributed by atoms with Gasteiger partial charge < -0.3 is 4.74 Å². The average molecular weight is 388 g/mol. The van der Waals surface area contributed by atoms with Crippen LogP contribution in [-0.4, -0.2) is 9.97 Å². The van der Waals surface area contributed by atoms with Gasteiger partial charge in [-0.05, 0) is 40.6 Å². The number of benzene rings is 3. The molecule has 0 aliphatic heterocycles. The number of hydrogen-bond acceptors (Lipinski definition) is 3. The van der Waals surface area contributed by atoms with Crippen LogP contribution in [0.4, 0.5) is 0 Å². The Balaban J connectivity index is 1.58. The molecular formula is C27H20N2O. The van der Waals surface area contributed by atoms with Crippen molar-refractivity contribution in [3.05, 3.63) is 127 Å². The molecule has 0 atom stereocenters. The molecule has 2 aromatic heterocycles. The van der Waals surface area contributed by atoms with E-state index in [1.54, 1.807) is 12.4 Å². The third-order valence-corrected chi connectivity index (χ3v) is 5.17. The van der Waals surface area contributed by atoms with Crippen LogP contribution in [0.2, 0.25) is 0 Å². The van der Waals surface area contributed by atoms with Gasteiger partial charge in [0.05, 0.1) is 0 Å². The van der Waals surface area contributed by atoms with E-state index in [0.29, 0.717) is 0 Å². The molecule has 0 spiro atoms. The third kappa shape index (κ3) is 3.65. The Bertz CT molecular complexity index is 1230.